The van der Waals surface area contributed by atoms with Crippen molar-refractivity contribution < 1.29 is 14.7 Å². The number of nitrogens with one attached hydrogen (secondary N) is 2. The fourth-order valence-corrected chi connectivity index (χ4v) is 3.00. The van der Waals surface area contributed by atoms with E-state index in [1.807, 2.05) is 6.92 Å². The maximum Gasteiger partial charge on any atom is 0.317 e. The Morgan fingerprint density at radius 1 is 1.29 bits per heavy atom. The lowest BCUT2D eigenvalue weighted by molar-refractivity contribution is -0.142. The highest BCUT2D eigenvalue weighted by Gasteiger charge is 2.36. The summed E-state index contributed by atoms with van der Waals surface area (Å²) in [4.78, 5) is 27.1. The summed E-state index contributed by atoms with van der Waals surface area (Å²) in [5.41, 5.74) is 0. The lowest BCUT2D eigenvalue weighted by atomic mass is 9.99. The summed E-state index contributed by atoms with van der Waals surface area (Å²) in [5.74, 6) is -1.22. The molecule has 7 heteroatoms. The topological polar surface area (TPSA) is 84.9 Å². The standard InChI is InChI=1S/C14H26N4O3/c1-11-9-18(10-12(11)13(19)20)14(21)16-3-2-6-17-7-4-15-5-8-17/h11-12,15H,2-10H2,1H3,(H,16,21)(H,19,20)/t11-,12-/m1/s1. The fourth-order valence-electron chi connectivity index (χ4n) is 3.00. The van der Waals surface area contributed by atoms with Gasteiger partial charge in [-0.2, -0.15) is 0 Å². The zero-order valence-corrected chi connectivity index (χ0v) is 12.7. The van der Waals surface area contributed by atoms with Crippen LogP contribution in [0.15, 0.2) is 0 Å². The van der Waals surface area contributed by atoms with Gasteiger partial charge in [-0.25, -0.2) is 4.79 Å². The highest BCUT2D eigenvalue weighted by molar-refractivity contribution is 5.77. The minimum Gasteiger partial charge on any atom is -0.481 e. The molecule has 0 spiro atoms. The first kappa shape index (κ1) is 16.0. The van der Waals surface area contributed by atoms with Crippen molar-refractivity contribution in [1.82, 2.24) is 20.4 Å². The summed E-state index contributed by atoms with van der Waals surface area (Å²) >= 11 is 0. The van der Waals surface area contributed by atoms with Crippen molar-refractivity contribution >= 4 is 12.0 Å². The Hall–Kier alpha value is -1.34. The smallest absolute Gasteiger partial charge is 0.317 e. The number of hydrogen-bond acceptors (Lipinski definition) is 4. The van der Waals surface area contributed by atoms with E-state index in [0.29, 0.717) is 19.6 Å². The van der Waals surface area contributed by atoms with Crippen LogP contribution < -0.4 is 10.6 Å². The van der Waals surface area contributed by atoms with Crippen molar-refractivity contribution in [3.8, 4) is 0 Å². The number of urea groups is 1. The van der Waals surface area contributed by atoms with E-state index in [0.717, 1.165) is 39.1 Å². The number of carboxylic acid groups (broad SMARTS) is 1. The van der Waals surface area contributed by atoms with Crippen molar-refractivity contribution in [2.24, 2.45) is 11.8 Å². The molecule has 21 heavy (non-hydrogen) atoms. The Morgan fingerprint density at radius 2 is 2.00 bits per heavy atom. The van der Waals surface area contributed by atoms with Gasteiger partial charge < -0.3 is 25.5 Å². The summed E-state index contributed by atoms with van der Waals surface area (Å²) in [6.45, 7) is 8.58. The first-order valence-electron chi connectivity index (χ1n) is 7.76. The molecule has 0 aromatic heterocycles. The molecule has 120 valence electrons. The van der Waals surface area contributed by atoms with Gasteiger partial charge in [0.2, 0.25) is 0 Å². The third-order valence-corrected chi connectivity index (χ3v) is 4.35. The molecule has 0 bridgehead atoms. The lowest BCUT2D eigenvalue weighted by Crippen LogP contribution is -2.45. The number of rotatable bonds is 5. The molecule has 0 aromatic carbocycles. The van der Waals surface area contributed by atoms with Gasteiger partial charge in [0.05, 0.1) is 5.92 Å². The van der Waals surface area contributed by atoms with Crippen molar-refractivity contribution in [1.29, 1.82) is 0 Å². The molecule has 2 saturated heterocycles. The maximum atomic E-state index is 12.0. The number of carboxylic acids is 1. The quantitative estimate of drug-likeness (QED) is 0.604. The van der Waals surface area contributed by atoms with Gasteiger partial charge in [-0.3, -0.25) is 4.79 Å². The van der Waals surface area contributed by atoms with E-state index in [-0.39, 0.29) is 11.9 Å². The Balaban J connectivity index is 1.62. The van der Waals surface area contributed by atoms with E-state index in [9.17, 15) is 9.59 Å². The van der Waals surface area contributed by atoms with Crippen molar-refractivity contribution in [2.45, 2.75) is 13.3 Å². The molecule has 2 heterocycles. The monoisotopic (exact) mass is 298 g/mol. The summed E-state index contributed by atoms with van der Waals surface area (Å²) in [7, 11) is 0. The number of piperazine rings is 1. The predicted octanol–water partition coefficient (Wildman–Crippen LogP) is -0.356. The number of nitrogens with zero attached hydrogens (tertiary/aromatic N) is 2. The third kappa shape index (κ3) is 4.57. The van der Waals surface area contributed by atoms with Crippen LogP contribution in [0.2, 0.25) is 0 Å². The zero-order valence-electron chi connectivity index (χ0n) is 12.7. The first-order valence-corrected chi connectivity index (χ1v) is 7.76. The molecule has 0 radical (unpaired) electrons. The van der Waals surface area contributed by atoms with Crippen molar-refractivity contribution in [3.05, 3.63) is 0 Å². The molecule has 2 aliphatic rings. The molecule has 3 N–H and O–H groups in total. The van der Waals surface area contributed by atoms with Crippen LogP contribution in [0.1, 0.15) is 13.3 Å². The van der Waals surface area contributed by atoms with Gasteiger partial charge in [-0.1, -0.05) is 6.92 Å². The molecule has 0 aliphatic carbocycles. The number of aliphatic carboxylic acids is 1. The van der Waals surface area contributed by atoms with Crippen molar-refractivity contribution in [2.75, 3.05) is 52.4 Å². The average molecular weight is 298 g/mol. The molecule has 2 amide bonds. The minimum atomic E-state index is -0.809. The van der Waals surface area contributed by atoms with Gasteiger partial charge in [0.25, 0.3) is 0 Å². The molecule has 2 aliphatic heterocycles. The van der Waals surface area contributed by atoms with Gasteiger partial charge in [-0.15, -0.1) is 0 Å². The second kappa shape index (κ2) is 7.61. The molecule has 0 saturated carbocycles. The second-order valence-corrected chi connectivity index (χ2v) is 6.00. The average Bonchev–Trinajstić information content (AvgIpc) is 2.87. The molecule has 2 fully saturated rings. The highest BCUT2D eigenvalue weighted by Crippen LogP contribution is 2.22. The van der Waals surface area contributed by atoms with Crippen LogP contribution in [0, 0.1) is 11.8 Å². The van der Waals surface area contributed by atoms with Crippen LogP contribution in [0.5, 0.6) is 0 Å². The van der Waals surface area contributed by atoms with Gasteiger partial charge in [0.1, 0.15) is 0 Å². The summed E-state index contributed by atoms with van der Waals surface area (Å²) < 4.78 is 0. The maximum absolute atomic E-state index is 12.0. The normalized spacial score (nSPS) is 26.8. The number of carbonyl (C=O) groups excluding carboxylic acids is 1. The van der Waals surface area contributed by atoms with Crippen LogP contribution in [0.25, 0.3) is 0 Å². The fraction of sp³-hybridized carbons (Fsp3) is 0.857. The minimum absolute atomic E-state index is 0.0223. The first-order chi connectivity index (χ1) is 10.1. The summed E-state index contributed by atoms with van der Waals surface area (Å²) in [6.07, 6.45) is 0.928. The van der Waals surface area contributed by atoms with Gasteiger partial charge in [0.15, 0.2) is 0 Å². The lowest BCUT2D eigenvalue weighted by Gasteiger charge is -2.27. The molecule has 7 nitrogen and oxygen atoms in total. The van der Waals surface area contributed by atoms with E-state index in [4.69, 9.17) is 5.11 Å². The summed E-state index contributed by atoms with van der Waals surface area (Å²) in [5, 5.41) is 15.3. The SMILES string of the molecule is C[C@@H]1CN(C(=O)NCCCN2CCNCC2)C[C@H]1C(=O)O. The molecular weight excluding hydrogens is 272 g/mol. The van der Waals surface area contributed by atoms with E-state index >= 15 is 0 Å². The van der Waals surface area contributed by atoms with Gasteiger partial charge in [0, 0.05) is 45.8 Å². The Morgan fingerprint density at radius 3 is 2.62 bits per heavy atom. The van der Waals surface area contributed by atoms with Gasteiger partial charge >= 0.3 is 12.0 Å². The highest BCUT2D eigenvalue weighted by atomic mass is 16.4. The zero-order chi connectivity index (χ0) is 15.2. The summed E-state index contributed by atoms with van der Waals surface area (Å²) in [6, 6.07) is -0.133. The number of amides is 2. The Bertz CT molecular complexity index is 371. The Kier molecular flexibility index (Phi) is 5.81. The van der Waals surface area contributed by atoms with Crippen molar-refractivity contribution in [3.63, 3.8) is 0 Å². The van der Waals surface area contributed by atoms with Crippen LogP contribution in [-0.2, 0) is 4.79 Å². The van der Waals surface area contributed by atoms with Crippen LogP contribution in [-0.4, -0.2) is 79.3 Å². The second-order valence-electron chi connectivity index (χ2n) is 6.00. The molecule has 0 unspecified atom stereocenters. The molecule has 2 rings (SSSR count). The van der Waals surface area contributed by atoms with E-state index in [1.54, 1.807) is 4.90 Å². The third-order valence-electron chi connectivity index (χ3n) is 4.35. The van der Waals surface area contributed by atoms with Crippen LogP contribution in [0.4, 0.5) is 4.79 Å². The van der Waals surface area contributed by atoms with E-state index in [1.165, 1.54) is 0 Å². The number of hydrogen-bond donors (Lipinski definition) is 3. The molecule has 0 aromatic rings. The Labute approximate surface area is 125 Å². The molecule has 2 atom stereocenters. The van der Waals surface area contributed by atoms with Crippen LogP contribution in [0.3, 0.4) is 0 Å². The molecular formula is C14H26N4O3. The van der Waals surface area contributed by atoms with Crippen LogP contribution >= 0.6 is 0 Å². The number of carbonyl (C=O) groups is 2. The van der Waals surface area contributed by atoms with Gasteiger partial charge in [-0.05, 0) is 18.9 Å². The van der Waals surface area contributed by atoms with E-state index < -0.39 is 11.9 Å². The predicted molar refractivity (Wildman–Crippen MR) is 79.2 cm³/mol. The van der Waals surface area contributed by atoms with E-state index in [2.05, 4.69) is 15.5 Å². The number of likely N-dealkylation sites (tertiary alicyclic amines) is 1. The largest absolute Gasteiger partial charge is 0.481 e.